The summed E-state index contributed by atoms with van der Waals surface area (Å²) in [5.41, 5.74) is 12.1. The Morgan fingerprint density at radius 2 is 1.18 bits per heavy atom. The molecular weight excluding hydrogens is 636 g/mol. The third-order valence-electron chi connectivity index (χ3n) is 8.44. The van der Waals surface area contributed by atoms with E-state index in [1.165, 1.54) is 106 Å². The fourth-order valence-corrected chi connectivity index (χ4v) is 6.23. The molecule has 2 radical (unpaired) electrons. The van der Waals surface area contributed by atoms with E-state index < -0.39 is 0 Å². The van der Waals surface area contributed by atoms with Gasteiger partial charge >= 0.3 is 30.2 Å². The molecule has 0 spiro atoms. The predicted octanol–water partition coefficient (Wildman–Crippen LogP) is 12.5. The van der Waals surface area contributed by atoms with Crippen molar-refractivity contribution in [2.24, 2.45) is 0 Å². The van der Waals surface area contributed by atoms with Crippen LogP contribution in [0.1, 0.15) is 47.6 Å². The van der Waals surface area contributed by atoms with Crippen molar-refractivity contribution in [3.8, 4) is 22.3 Å². The number of aryl methyl sites for hydroxylation is 4. The molecule has 0 saturated heterocycles. The third-order valence-corrected chi connectivity index (χ3v) is 8.44. The van der Waals surface area contributed by atoms with Crippen molar-refractivity contribution in [3.63, 3.8) is 0 Å². The number of benzene rings is 5. The molecule has 7 aromatic rings. The Kier molecular flexibility index (Phi) is 12.7. The third kappa shape index (κ3) is 7.57. The van der Waals surface area contributed by atoms with Crippen molar-refractivity contribution in [2.75, 3.05) is 0 Å². The van der Waals surface area contributed by atoms with E-state index in [0.29, 0.717) is 5.92 Å². The van der Waals surface area contributed by atoms with Crippen molar-refractivity contribution >= 4 is 39.2 Å². The topological polar surface area (TPSA) is 0 Å². The molecule has 7 aromatic carbocycles. The Bertz CT molecular complexity index is 2030. The Labute approximate surface area is 288 Å². The van der Waals surface area contributed by atoms with Crippen LogP contribution in [0.2, 0.25) is 0 Å². The molecule has 0 aliphatic carbocycles. The van der Waals surface area contributed by atoms with Crippen LogP contribution in [0.15, 0.2) is 115 Å². The van der Waals surface area contributed by atoms with E-state index in [0.717, 1.165) is 0 Å². The van der Waals surface area contributed by atoms with Gasteiger partial charge < -0.3 is 14.9 Å². The van der Waals surface area contributed by atoms with Gasteiger partial charge in [0.05, 0.1) is 0 Å². The van der Waals surface area contributed by atoms with Crippen LogP contribution in [0.5, 0.6) is 0 Å². The van der Waals surface area contributed by atoms with Crippen molar-refractivity contribution in [3.05, 3.63) is 158 Å². The predicted molar refractivity (Wildman–Crippen MR) is 199 cm³/mol. The fourth-order valence-electron chi connectivity index (χ4n) is 6.23. The summed E-state index contributed by atoms with van der Waals surface area (Å²) in [6, 6.07) is 42.3. The molecule has 0 aromatic heterocycles. The first-order valence-corrected chi connectivity index (χ1v) is 19.2. The summed E-state index contributed by atoms with van der Waals surface area (Å²) in [7, 11) is 0. The maximum absolute atomic E-state index is 3.06. The molecule has 228 valence electrons. The summed E-state index contributed by atoms with van der Waals surface area (Å²) in [6.45, 7) is 16.3. The summed E-state index contributed by atoms with van der Waals surface area (Å²) in [5, 5.41) is 8.09. The molecule has 0 aliphatic heterocycles. The first-order chi connectivity index (χ1) is 20.8. The van der Waals surface area contributed by atoms with Crippen LogP contribution < -0.4 is 0 Å². The van der Waals surface area contributed by atoms with Gasteiger partial charge in [0.2, 0.25) is 0 Å². The molecular formula is C43H44SiZr-4. The quantitative estimate of drug-likeness (QED) is 0.129. The maximum atomic E-state index is 3.06. The van der Waals surface area contributed by atoms with Crippen molar-refractivity contribution < 1.29 is 23.3 Å². The molecule has 0 bridgehead atoms. The fraction of sp³-hybridized carbons (Fsp3) is 0.163. The normalized spacial score (nSPS) is 10.4. The van der Waals surface area contributed by atoms with E-state index >= 15 is 0 Å². The van der Waals surface area contributed by atoms with E-state index in [1.807, 2.05) is 0 Å². The zero-order valence-electron chi connectivity index (χ0n) is 28.0. The minimum atomic E-state index is 0. The van der Waals surface area contributed by atoms with Crippen LogP contribution in [-0.4, -0.2) is 6.88 Å². The molecule has 45 heavy (non-hydrogen) atoms. The van der Waals surface area contributed by atoms with Gasteiger partial charge in [-0.2, -0.15) is 12.1 Å². The second kappa shape index (κ2) is 15.8. The van der Waals surface area contributed by atoms with Crippen LogP contribution in [0, 0.1) is 42.5 Å². The molecule has 0 unspecified atom stereocenters. The molecule has 2 heteroatoms. The van der Waals surface area contributed by atoms with Gasteiger partial charge in [-0.05, 0) is 47.2 Å². The summed E-state index contributed by atoms with van der Waals surface area (Å²) < 4.78 is 0. The van der Waals surface area contributed by atoms with Crippen molar-refractivity contribution in [1.82, 2.24) is 0 Å². The Hall–Kier alpha value is -3.32. The van der Waals surface area contributed by atoms with Crippen LogP contribution in [0.25, 0.3) is 54.6 Å². The van der Waals surface area contributed by atoms with Gasteiger partial charge in [0, 0.05) is 0 Å². The summed E-state index contributed by atoms with van der Waals surface area (Å²) in [4.78, 5) is 0. The SMILES string of the molecule is Cc1cc2c(-c3cccc4ccccc34)ccc(C)c2[cH-]1.Cc1ccc(-c2cccc3[cH-]c(C(C)C)cc23)c(C)c1.[CH3-].[CH3-].[Si]=[Zr]. The van der Waals surface area contributed by atoms with Gasteiger partial charge in [-0.25, -0.2) is 0 Å². The van der Waals surface area contributed by atoms with E-state index in [-0.39, 0.29) is 14.9 Å². The van der Waals surface area contributed by atoms with E-state index in [4.69, 9.17) is 0 Å². The molecule has 7 rings (SSSR count). The standard InChI is InChI=1S/C21H17.C20H21.2CH3.Si.Zr/c1-14-12-20-15(2)10-11-19(21(20)13-14)18-9-5-7-16-6-3-4-8-17(16)18;1-13(2)17-11-16-6-5-7-19(20(16)12-17)18-9-8-14(3)10-15(18)4;;;;/h3-13H,1-2H3;5-13H,1-4H3;2*1H3;;/q4*-1;;. The van der Waals surface area contributed by atoms with Gasteiger partial charge in [0.1, 0.15) is 0 Å². The zero-order chi connectivity index (χ0) is 30.7. The summed E-state index contributed by atoms with van der Waals surface area (Å²) in [6.07, 6.45) is 0. The van der Waals surface area contributed by atoms with E-state index in [2.05, 4.69) is 164 Å². The first kappa shape index (κ1) is 36.2. The first-order valence-electron chi connectivity index (χ1n) is 15.0. The molecule has 0 amide bonds. The number of hydrogen-bond acceptors (Lipinski definition) is 0. The van der Waals surface area contributed by atoms with Gasteiger partial charge in [0.15, 0.2) is 0 Å². The number of fused-ring (bicyclic) bond motifs is 3. The molecule has 0 saturated carbocycles. The summed E-state index contributed by atoms with van der Waals surface area (Å²) >= 11 is 1.36. The second-order valence-corrected chi connectivity index (χ2v) is 11.9. The molecule has 0 N–H and O–H groups in total. The zero-order valence-corrected chi connectivity index (χ0v) is 31.5. The van der Waals surface area contributed by atoms with Gasteiger partial charge in [-0.3, -0.25) is 0 Å². The van der Waals surface area contributed by atoms with Crippen molar-refractivity contribution in [1.29, 1.82) is 0 Å². The molecule has 0 aliphatic rings. The summed E-state index contributed by atoms with van der Waals surface area (Å²) in [5.74, 6) is 0.578. The van der Waals surface area contributed by atoms with Crippen LogP contribution in [0.3, 0.4) is 0 Å². The van der Waals surface area contributed by atoms with E-state index in [9.17, 15) is 0 Å². The molecule has 0 nitrogen and oxygen atoms in total. The Balaban J connectivity index is 0.000000224. The second-order valence-electron chi connectivity index (χ2n) is 11.9. The average Bonchev–Trinajstić information content (AvgIpc) is 3.63. The average molecular weight is 680 g/mol. The Morgan fingerprint density at radius 3 is 1.89 bits per heavy atom. The minimum absolute atomic E-state index is 0. The van der Waals surface area contributed by atoms with Crippen molar-refractivity contribution in [2.45, 2.75) is 47.5 Å². The van der Waals surface area contributed by atoms with E-state index in [1.54, 1.807) is 0 Å². The van der Waals surface area contributed by atoms with Crippen LogP contribution in [0.4, 0.5) is 0 Å². The van der Waals surface area contributed by atoms with Crippen LogP contribution >= 0.6 is 0 Å². The van der Waals surface area contributed by atoms with Gasteiger partial charge in [-0.15, -0.1) is 68.6 Å². The molecule has 0 atom stereocenters. The van der Waals surface area contributed by atoms with Crippen LogP contribution in [-0.2, 0) is 23.3 Å². The molecule has 0 heterocycles. The van der Waals surface area contributed by atoms with Gasteiger partial charge in [0.25, 0.3) is 0 Å². The molecule has 0 fully saturated rings. The Morgan fingerprint density at radius 1 is 0.556 bits per heavy atom. The van der Waals surface area contributed by atoms with Gasteiger partial charge in [-0.1, -0.05) is 117 Å². The number of rotatable bonds is 3. The monoisotopic (exact) mass is 678 g/mol. The number of hydrogen-bond donors (Lipinski definition) is 0.